The van der Waals surface area contributed by atoms with Gasteiger partial charge in [0.15, 0.2) is 0 Å². The summed E-state index contributed by atoms with van der Waals surface area (Å²) in [6, 6.07) is 0. The maximum Gasteiger partial charge on any atom is 0.223 e. The van der Waals surface area contributed by atoms with Crippen LogP contribution in [0.3, 0.4) is 0 Å². The van der Waals surface area contributed by atoms with Gasteiger partial charge in [-0.2, -0.15) is 0 Å². The van der Waals surface area contributed by atoms with Gasteiger partial charge in [-0.15, -0.1) is 12.4 Å². The molecule has 1 spiro atoms. The monoisotopic (exact) mass is 357 g/mol. The molecule has 3 rings (SSSR count). The Morgan fingerprint density at radius 1 is 1.00 bits per heavy atom. The van der Waals surface area contributed by atoms with Crippen LogP contribution in [-0.4, -0.2) is 38.0 Å². The number of halogens is 1. The first kappa shape index (κ1) is 19.5. The van der Waals surface area contributed by atoms with Gasteiger partial charge in [-0.1, -0.05) is 19.3 Å². The van der Waals surface area contributed by atoms with Crippen LogP contribution in [0.4, 0.5) is 0 Å². The lowest BCUT2D eigenvalue weighted by Gasteiger charge is -2.23. The number of hydrogen-bond acceptors (Lipinski definition) is 3. The Balaban J connectivity index is 0.00000208. The first-order chi connectivity index (χ1) is 11.2. The van der Waals surface area contributed by atoms with Crippen LogP contribution >= 0.6 is 12.4 Å². The molecule has 2 aliphatic carbocycles. The number of rotatable bonds is 6. The molecule has 3 aliphatic rings. The normalized spacial score (nSPS) is 25.6. The molecule has 0 radical (unpaired) electrons. The third-order valence-electron chi connectivity index (χ3n) is 6.05. The summed E-state index contributed by atoms with van der Waals surface area (Å²) in [4.78, 5) is 24.1. The van der Waals surface area contributed by atoms with Gasteiger partial charge in [0.1, 0.15) is 0 Å². The summed E-state index contributed by atoms with van der Waals surface area (Å²) in [7, 11) is 0. The number of hydrogen-bond donors (Lipinski definition) is 3. The van der Waals surface area contributed by atoms with Crippen molar-refractivity contribution in [3.05, 3.63) is 0 Å². The lowest BCUT2D eigenvalue weighted by molar-refractivity contribution is -0.124. The molecule has 2 amide bonds. The molecule has 1 unspecified atom stereocenters. The third kappa shape index (κ3) is 5.09. The highest BCUT2D eigenvalue weighted by Crippen LogP contribution is 2.58. The van der Waals surface area contributed by atoms with Crippen molar-refractivity contribution in [2.24, 2.45) is 17.3 Å². The Bertz CT molecular complexity index is 432. The fraction of sp³-hybridized carbons (Fsp3) is 0.889. The number of carbonyl (C=O) groups excluding carboxylic acids is 2. The molecule has 5 nitrogen and oxygen atoms in total. The number of piperidine rings is 1. The summed E-state index contributed by atoms with van der Waals surface area (Å²) in [6.07, 6.45) is 10.2. The first-order valence-corrected chi connectivity index (χ1v) is 9.45. The van der Waals surface area contributed by atoms with Crippen molar-refractivity contribution in [2.75, 3.05) is 26.2 Å². The van der Waals surface area contributed by atoms with Gasteiger partial charge >= 0.3 is 0 Å². The minimum absolute atomic E-state index is 0. The van der Waals surface area contributed by atoms with E-state index < -0.39 is 0 Å². The van der Waals surface area contributed by atoms with Crippen molar-refractivity contribution >= 4 is 24.2 Å². The van der Waals surface area contributed by atoms with Crippen molar-refractivity contribution in [1.82, 2.24) is 16.0 Å². The van der Waals surface area contributed by atoms with Crippen molar-refractivity contribution in [3.8, 4) is 0 Å². The van der Waals surface area contributed by atoms with Gasteiger partial charge in [-0.05, 0) is 56.5 Å². The second kappa shape index (κ2) is 9.04. The lowest BCUT2D eigenvalue weighted by Crippen LogP contribution is -2.38. The predicted molar refractivity (Wildman–Crippen MR) is 97.1 cm³/mol. The van der Waals surface area contributed by atoms with Crippen LogP contribution in [0.1, 0.15) is 57.8 Å². The molecule has 1 aliphatic heterocycles. The summed E-state index contributed by atoms with van der Waals surface area (Å²) in [6.45, 7) is 3.20. The Kier molecular flexibility index (Phi) is 7.35. The molecule has 1 atom stereocenters. The highest BCUT2D eigenvalue weighted by Gasteiger charge is 2.57. The summed E-state index contributed by atoms with van der Waals surface area (Å²) in [5.74, 6) is 1.12. The predicted octanol–water partition coefficient (Wildman–Crippen LogP) is 2.00. The Morgan fingerprint density at radius 2 is 1.67 bits per heavy atom. The largest absolute Gasteiger partial charge is 0.354 e. The van der Waals surface area contributed by atoms with Gasteiger partial charge < -0.3 is 16.0 Å². The van der Waals surface area contributed by atoms with E-state index in [1.807, 2.05) is 0 Å². The van der Waals surface area contributed by atoms with Gasteiger partial charge in [-0.25, -0.2) is 0 Å². The standard InChI is InChI=1S/C18H31N3O2.ClH/c22-16(12-14-4-2-1-3-5-14)20-10-11-21-17(23)15-13-18(15)6-8-19-9-7-18;/h14-15,19H,1-13H2,(H,20,22)(H,21,23);1H. The van der Waals surface area contributed by atoms with E-state index in [1.165, 1.54) is 32.1 Å². The highest BCUT2D eigenvalue weighted by molar-refractivity contribution is 5.85. The summed E-state index contributed by atoms with van der Waals surface area (Å²) in [5.41, 5.74) is 0.291. The maximum absolute atomic E-state index is 12.2. The van der Waals surface area contributed by atoms with Gasteiger partial charge in [0.25, 0.3) is 0 Å². The summed E-state index contributed by atoms with van der Waals surface area (Å²) in [5, 5.41) is 9.31. The Labute approximate surface area is 151 Å². The molecule has 0 aromatic heterocycles. The quantitative estimate of drug-likeness (QED) is 0.637. The molecular formula is C18H32ClN3O2. The topological polar surface area (TPSA) is 70.2 Å². The van der Waals surface area contributed by atoms with Gasteiger partial charge in [0.05, 0.1) is 0 Å². The van der Waals surface area contributed by atoms with E-state index >= 15 is 0 Å². The fourth-order valence-corrected chi connectivity index (χ4v) is 4.43. The molecule has 0 aromatic carbocycles. The van der Waals surface area contributed by atoms with Crippen LogP contribution in [0.5, 0.6) is 0 Å². The minimum atomic E-state index is 0. The van der Waals surface area contributed by atoms with Gasteiger partial charge in [0, 0.05) is 25.4 Å². The van der Waals surface area contributed by atoms with E-state index in [-0.39, 0.29) is 30.1 Å². The Morgan fingerprint density at radius 3 is 2.38 bits per heavy atom. The third-order valence-corrected chi connectivity index (χ3v) is 6.05. The van der Waals surface area contributed by atoms with E-state index in [0.717, 1.165) is 32.4 Å². The fourth-order valence-electron chi connectivity index (χ4n) is 4.43. The number of amides is 2. The molecule has 0 aromatic rings. The van der Waals surface area contributed by atoms with E-state index in [2.05, 4.69) is 16.0 Å². The van der Waals surface area contributed by atoms with Crippen LogP contribution in [0.15, 0.2) is 0 Å². The van der Waals surface area contributed by atoms with Crippen LogP contribution < -0.4 is 16.0 Å². The molecular weight excluding hydrogens is 326 g/mol. The zero-order valence-corrected chi connectivity index (χ0v) is 15.4. The molecule has 24 heavy (non-hydrogen) atoms. The lowest BCUT2D eigenvalue weighted by atomic mass is 9.87. The average Bonchev–Trinajstić information content (AvgIpc) is 3.26. The van der Waals surface area contributed by atoms with Crippen molar-refractivity contribution in [1.29, 1.82) is 0 Å². The molecule has 1 saturated heterocycles. The second-order valence-electron chi connectivity index (χ2n) is 7.72. The molecule has 1 heterocycles. The highest BCUT2D eigenvalue weighted by atomic mass is 35.5. The van der Waals surface area contributed by atoms with Crippen LogP contribution in [-0.2, 0) is 9.59 Å². The van der Waals surface area contributed by atoms with Crippen molar-refractivity contribution in [3.63, 3.8) is 0 Å². The van der Waals surface area contributed by atoms with E-state index in [0.29, 0.717) is 30.8 Å². The van der Waals surface area contributed by atoms with Gasteiger partial charge in [-0.3, -0.25) is 9.59 Å². The molecule has 6 heteroatoms. The second-order valence-corrected chi connectivity index (χ2v) is 7.72. The zero-order valence-electron chi connectivity index (χ0n) is 14.6. The van der Waals surface area contributed by atoms with Crippen molar-refractivity contribution in [2.45, 2.75) is 57.8 Å². The van der Waals surface area contributed by atoms with Crippen LogP contribution in [0.25, 0.3) is 0 Å². The van der Waals surface area contributed by atoms with Crippen LogP contribution in [0, 0.1) is 17.3 Å². The molecule has 3 N–H and O–H groups in total. The average molecular weight is 358 g/mol. The molecule has 0 bridgehead atoms. The van der Waals surface area contributed by atoms with E-state index in [4.69, 9.17) is 0 Å². The SMILES string of the molecule is Cl.O=C(CC1CCCCC1)NCCNC(=O)C1CC12CCNCC2. The first-order valence-electron chi connectivity index (χ1n) is 9.45. The summed E-state index contributed by atoms with van der Waals surface area (Å²) >= 11 is 0. The van der Waals surface area contributed by atoms with Gasteiger partial charge in [0.2, 0.25) is 11.8 Å². The molecule has 3 fully saturated rings. The Hall–Kier alpha value is -0.810. The minimum Gasteiger partial charge on any atom is -0.354 e. The van der Waals surface area contributed by atoms with E-state index in [9.17, 15) is 9.59 Å². The summed E-state index contributed by atoms with van der Waals surface area (Å²) < 4.78 is 0. The smallest absolute Gasteiger partial charge is 0.223 e. The maximum atomic E-state index is 12.2. The number of nitrogens with one attached hydrogen (secondary N) is 3. The molecule has 138 valence electrons. The van der Waals surface area contributed by atoms with Crippen LogP contribution in [0.2, 0.25) is 0 Å². The number of carbonyl (C=O) groups is 2. The molecule has 2 saturated carbocycles. The van der Waals surface area contributed by atoms with E-state index in [1.54, 1.807) is 0 Å². The zero-order chi connectivity index (χ0) is 16.1. The van der Waals surface area contributed by atoms with Crippen molar-refractivity contribution < 1.29 is 9.59 Å².